The van der Waals surface area contributed by atoms with Gasteiger partial charge in [-0.2, -0.15) is 0 Å². The van der Waals surface area contributed by atoms with E-state index >= 15 is 0 Å². The van der Waals surface area contributed by atoms with E-state index in [0.717, 1.165) is 25.7 Å². The van der Waals surface area contributed by atoms with Crippen LogP contribution in [0.4, 0.5) is 9.18 Å². The molecule has 2 aliphatic rings. The standard InChI is InChI=1S/C23H21FN2O4/c24-20-11-4-1-7-16(20)14-30-18-10-5-6-15(12-18)13-19-21(27)25-23(29)26(22(19)28)17-8-2-3-9-17/h1,4-7,10-13,17H,2-3,8-9,14H2,(H,25,27,29)/b19-13+. The molecule has 0 atom stereocenters. The Balaban J connectivity index is 1.54. The van der Waals surface area contributed by atoms with Crippen LogP contribution in [0.1, 0.15) is 36.8 Å². The van der Waals surface area contributed by atoms with Gasteiger partial charge in [0, 0.05) is 11.6 Å². The molecule has 1 N–H and O–H groups in total. The summed E-state index contributed by atoms with van der Waals surface area (Å²) >= 11 is 0. The normalized spacial score (nSPS) is 18.8. The van der Waals surface area contributed by atoms with Crippen molar-refractivity contribution in [2.24, 2.45) is 0 Å². The Hall–Kier alpha value is -3.48. The van der Waals surface area contributed by atoms with Gasteiger partial charge in [0.05, 0.1) is 0 Å². The van der Waals surface area contributed by atoms with E-state index in [1.54, 1.807) is 42.5 Å². The van der Waals surface area contributed by atoms with Crippen LogP contribution in [0.15, 0.2) is 54.1 Å². The van der Waals surface area contributed by atoms with E-state index in [-0.39, 0.29) is 24.0 Å². The van der Waals surface area contributed by atoms with Gasteiger partial charge in [0.25, 0.3) is 11.8 Å². The summed E-state index contributed by atoms with van der Waals surface area (Å²) in [4.78, 5) is 38.5. The van der Waals surface area contributed by atoms with E-state index in [0.29, 0.717) is 16.9 Å². The van der Waals surface area contributed by atoms with E-state index in [2.05, 4.69) is 5.32 Å². The second-order valence-electron chi connectivity index (χ2n) is 7.38. The fourth-order valence-electron chi connectivity index (χ4n) is 3.80. The predicted octanol–water partition coefficient (Wildman–Crippen LogP) is 3.81. The fraction of sp³-hybridized carbons (Fsp3) is 0.261. The topological polar surface area (TPSA) is 75.7 Å². The number of urea groups is 1. The summed E-state index contributed by atoms with van der Waals surface area (Å²) < 4.78 is 19.4. The Morgan fingerprint density at radius 1 is 1.07 bits per heavy atom. The van der Waals surface area contributed by atoms with Crippen molar-refractivity contribution < 1.29 is 23.5 Å². The Morgan fingerprint density at radius 2 is 1.83 bits per heavy atom. The van der Waals surface area contributed by atoms with Crippen molar-refractivity contribution in [3.8, 4) is 5.75 Å². The number of imide groups is 2. The zero-order valence-corrected chi connectivity index (χ0v) is 16.3. The molecule has 0 unspecified atom stereocenters. The van der Waals surface area contributed by atoms with Crippen molar-refractivity contribution in [3.05, 3.63) is 71.0 Å². The lowest BCUT2D eigenvalue weighted by atomic mass is 10.1. The molecule has 1 aliphatic heterocycles. The number of barbiturate groups is 1. The van der Waals surface area contributed by atoms with E-state index in [1.165, 1.54) is 17.0 Å². The molecule has 30 heavy (non-hydrogen) atoms. The van der Waals surface area contributed by atoms with Crippen LogP contribution in [-0.2, 0) is 16.2 Å². The molecule has 0 radical (unpaired) electrons. The molecule has 0 aromatic heterocycles. The molecule has 0 spiro atoms. The maximum absolute atomic E-state index is 13.8. The first-order valence-corrected chi connectivity index (χ1v) is 9.90. The molecular formula is C23H21FN2O4. The lowest BCUT2D eigenvalue weighted by molar-refractivity contribution is -0.131. The van der Waals surface area contributed by atoms with Gasteiger partial charge in [-0.25, -0.2) is 9.18 Å². The smallest absolute Gasteiger partial charge is 0.331 e. The average Bonchev–Trinajstić information content (AvgIpc) is 3.25. The highest BCUT2D eigenvalue weighted by Crippen LogP contribution is 2.27. The highest BCUT2D eigenvalue weighted by Gasteiger charge is 2.40. The molecule has 1 saturated heterocycles. The zero-order valence-electron chi connectivity index (χ0n) is 16.3. The molecule has 2 aromatic carbocycles. The number of hydrogen-bond donors (Lipinski definition) is 1. The van der Waals surface area contributed by atoms with Gasteiger partial charge < -0.3 is 4.74 Å². The third kappa shape index (κ3) is 4.10. The number of hydrogen-bond acceptors (Lipinski definition) is 4. The van der Waals surface area contributed by atoms with Gasteiger partial charge in [-0.15, -0.1) is 0 Å². The molecule has 7 heteroatoms. The van der Waals surface area contributed by atoms with Crippen molar-refractivity contribution >= 4 is 23.9 Å². The fourth-order valence-corrected chi connectivity index (χ4v) is 3.80. The summed E-state index contributed by atoms with van der Waals surface area (Å²) in [6.07, 6.45) is 4.86. The summed E-state index contributed by atoms with van der Waals surface area (Å²) in [6.45, 7) is 0.0517. The first kappa shape index (κ1) is 19.8. The van der Waals surface area contributed by atoms with Gasteiger partial charge in [0.15, 0.2) is 0 Å². The average molecular weight is 408 g/mol. The lowest BCUT2D eigenvalue weighted by Gasteiger charge is -2.31. The van der Waals surface area contributed by atoms with Crippen molar-refractivity contribution in [1.29, 1.82) is 0 Å². The van der Waals surface area contributed by atoms with Gasteiger partial charge in [0.1, 0.15) is 23.7 Å². The molecule has 0 bridgehead atoms. The minimum absolute atomic E-state index is 0.0517. The maximum Gasteiger partial charge on any atom is 0.331 e. The third-order valence-electron chi connectivity index (χ3n) is 5.34. The monoisotopic (exact) mass is 408 g/mol. The van der Waals surface area contributed by atoms with Gasteiger partial charge in [-0.05, 0) is 42.7 Å². The Kier molecular flexibility index (Phi) is 5.61. The van der Waals surface area contributed by atoms with Crippen molar-refractivity contribution in [1.82, 2.24) is 10.2 Å². The van der Waals surface area contributed by atoms with E-state index in [1.807, 2.05) is 0 Å². The van der Waals surface area contributed by atoms with Crippen molar-refractivity contribution in [2.45, 2.75) is 38.3 Å². The minimum Gasteiger partial charge on any atom is -0.489 e. The number of carbonyl (C=O) groups excluding carboxylic acids is 3. The van der Waals surface area contributed by atoms with Crippen LogP contribution >= 0.6 is 0 Å². The lowest BCUT2D eigenvalue weighted by Crippen LogP contribution is -2.57. The van der Waals surface area contributed by atoms with Crippen LogP contribution in [0.25, 0.3) is 6.08 Å². The number of halogens is 1. The molecule has 2 fully saturated rings. The zero-order chi connectivity index (χ0) is 21.1. The van der Waals surface area contributed by atoms with Gasteiger partial charge in [0.2, 0.25) is 0 Å². The summed E-state index contributed by atoms with van der Waals surface area (Å²) in [7, 11) is 0. The number of amides is 4. The number of benzene rings is 2. The summed E-state index contributed by atoms with van der Waals surface area (Å²) in [5, 5.41) is 2.26. The number of rotatable bonds is 5. The van der Waals surface area contributed by atoms with Crippen LogP contribution in [0.2, 0.25) is 0 Å². The Labute approximate surface area is 173 Å². The summed E-state index contributed by atoms with van der Waals surface area (Å²) in [5.41, 5.74) is 0.904. The minimum atomic E-state index is -0.711. The quantitative estimate of drug-likeness (QED) is 0.603. The van der Waals surface area contributed by atoms with Gasteiger partial charge >= 0.3 is 6.03 Å². The second-order valence-corrected chi connectivity index (χ2v) is 7.38. The van der Waals surface area contributed by atoms with Gasteiger partial charge in [-0.3, -0.25) is 19.8 Å². The van der Waals surface area contributed by atoms with Crippen LogP contribution in [0.5, 0.6) is 5.75 Å². The molecule has 4 rings (SSSR count). The molecule has 6 nitrogen and oxygen atoms in total. The van der Waals surface area contributed by atoms with E-state index in [4.69, 9.17) is 4.74 Å². The molecular weight excluding hydrogens is 387 g/mol. The molecule has 154 valence electrons. The van der Waals surface area contributed by atoms with Crippen LogP contribution in [0.3, 0.4) is 0 Å². The van der Waals surface area contributed by atoms with Crippen LogP contribution in [0, 0.1) is 5.82 Å². The molecule has 1 heterocycles. The number of carbonyl (C=O) groups is 3. The molecule has 2 aromatic rings. The number of nitrogens with one attached hydrogen (secondary N) is 1. The SMILES string of the molecule is O=C1NC(=O)N(C2CCCC2)C(=O)/C1=C/c1cccc(OCc2ccccc2F)c1. The Morgan fingerprint density at radius 3 is 2.60 bits per heavy atom. The largest absolute Gasteiger partial charge is 0.489 e. The molecule has 1 aliphatic carbocycles. The van der Waals surface area contributed by atoms with E-state index < -0.39 is 17.8 Å². The first-order chi connectivity index (χ1) is 14.5. The van der Waals surface area contributed by atoms with Crippen molar-refractivity contribution in [2.75, 3.05) is 0 Å². The number of nitrogens with zero attached hydrogens (tertiary/aromatic N) is 1. The van der Waals surface area contributed by atoms with Crippen LogP contribution < -0.4 is 10.1 Å². The third-order valence-corrected chi connectivity index (χ3v) is 5.34. The maximum atomic E-state index is 13.8. The Bertz CT molecular complexity index is 1030. The highest BCUT2D eigenvalue weighted by molar-refractivity contribution is 6.31. The highest BCUT2D eigenvalue weighted by atomic mass is 19.1. The number of ether oxygens (including phenoxy) is 1. The van der Waals surface area contributed by atoms with E-state index in [9.17, 15) is 18.8 Å². The van der Waals surface area contributed by atoms with Gasteiger partial charge in [-0.1, -0.05) is 43.2 Å². The molecule has 1 saturated carbocycles. The second kappa shape index (κ2) is 8.49. The van der Waals surface area contributed by atoms with Crippen LogP contribution in [-0.4, -0.2) is 28.8 Å². The molecule has 4 amide bonds. The first-order valence-electron chi connectivity index (χ1n) is 9.90. The summed E-state index contributed by atoms with van der Waals surface area (Å²) in [6, 6.07) is 12.3. The van der Waals surface area contributed by atoms with Crippen molar-refractivity contribution in [3.63, 3.8) is 0 Å². The summed E-state index contributed by atoms with van der Waals surface area (Å²) in [5.74, 6) is -1.16. The predicted molar refractivity (Wildman–Crippen MR) is 108 cm³/mol.